The summed E-state index contributed by atoms with van der Waals surface area (Å²) in [5.74, 6) is 2.77. The van der Waals surface area contributed by atoms with Crippen LogP contribution >= 0.6 is 0 Å². The molecule has 5 unspecified atom stereocenters. The predicted molar refractivity (Wildman–Crippen MR) is 101 cm³/mol. The maximum absolute atomic E-state index is 12.7. The molecule has 0 aromatic rings. The molecule has 140 valence electrons. The largest absolute Gasteiger partial charge is 0.348 e. The van der Waals surface area contributed by atoms with Crippen molar-refractivity contribution >= 4 is 11.7 Å². The molecule has 0 heterocycles. The number of hydrogen-bond acceptors (Lipinski definition) is 2. The van der Waals surface area contributed by atoms with Gasteiger partial charge in [-0.05, 0) is 67.3 Å². The van der Waals surface area contributed by atoms with E-state index in [0.29, 0.717) is 30.1 Å². The van der Waals surface area contributed by atoms with E-state index in [9.17, 15) is 9.59 Å². The summed E-state index contributed by atoms with van der Waals surface area (Å²) in [5, 5.41) is 0. The molecule has 0 N–H and O–H groups in total. The van der Waals surface area contributed by atoms with Crippen LogP contribution in [0.2, 0.25) is 0 Å². The lowest BCUT2D eigenvalue weighted by Gasteiger charge is -2.45. The summed E-state index contributed by atoms with van der Waals surface area (Å²) in [6.07, 6.45) is 12.0. The van der Waals surface area contributed by atoms with Crippen LogP contribution in [0.25, 0.3) is 0 Å². The molecule has 3 heteroatoms. The number of rotatable bonds is 5. The highest BCUT2D eigenvalue weighted by Gasteiger charge is 2.56. The standard InChI is InChI=1S/C22H35NO2/c1-15-7-6-12-21(3)17(15)9-10-18(21)16(2)8-11-19(24)22(13-14-22)20(25)23(4)5/h8,11,15-18H,6-7,9-10,12-14H2,1-5H3/b11-8+. The Morgan fingerprint density at radius 1 is 1.12 bits per heavy atom. The van der Waals surface area contributed by atoms with Gasteiger partial charge < -0.3 is 4.90 Å². The van der Waals surface area contributed by atoms with Gasteiger partial charge in [0.25, 0.3) is 0 Å². The lowest BCUT2D eigenvalue weighted by atomic mass is 9.60. The molecule has 0 bridgehead atoms. The Labute approximate surface area is 153 Å². The number of hydrogen-bond donors (Lipinski definition) is 0. The quantitative estimate of drug-likeness (QED) is 0.544. The normalized spacial score (nSPS) is 37.6. The van der Waals surface area contributed by atoms with Gasteiger partial charge in [-0.2, -0.15) is 0 Å². The molecule has 3 aliphatic rings. The zero-order valence-corrected chi connectivity index (χ0v) is 16.7. The van der Waals surface area contributed by atoms with E-state index >= 15 is 0 Å². The van der Waals surface area contributed by atoms with Gasteiger partial charge in [-0.25, -0.2) is 0 Å². The van der Waals surface area contributed by atoms with E-state index in [1.54, 1.807) is 25.1 Å². The number of fused-ring (bicyclic) bond motifs is 1. The molecule has 25 heavy (non-hydrogen) atoms. The monoisotopic (exact) mass is 345 g/mol. The van der Waals surface area contributed by atoms with Gasteiger partial charge in [-0.15, -0.1) is 0 Å². The molecular weight excluding hydrogens is 310 g/mol. The molecule has 0 aliphatic heterocycles. The van der Waals surface area contributed by atoms with Crippen LogP contribution in [-0.2, 0) is 9.59 Å². The highest BCUT2D eigenvalue weighted by atomic mass is 16.2. The van der Waals surface area contributed by atoms with Gasteiger partial charge in [0.2, 0.25) is 5.91 Å². The van der Waals surface area contributed by atoms with Crippen molar-refractivity contribution in [3.63, 3.8) is 0 Å². The maximum atomic E-state index is 12.7. The van der Waals surface area contributed by atoms with E-state index < -0.39 is 5.41 Å². The summed E-state index contributed by atoms with van der Waals surface area (Å²) in [6, 6.07) is 0. The van der Waals surface area contributed by atoms with E-state index in [4.69, 9.17) is 0 Å². The lowest BCUT2D eigenvalue weighted by molar-refractivity contribution is -0.139. The van der Waals surface area contributed by atoms with Gasteiger partial charge in [0.15, 0.2) is 5.78 Å². The van der Waals surface area contributed by atoms with Gasteiger partial charge in [0, 0.05) is 14.1 Å². The molecular formula is C22H35NO2. The minimum Gasteiger partial charge on any atom is -0.348 e. The molecule has 0 aromatic carbocycles. The van der Waals surface area contributed by atoms with E-state index in [-0.39, 0.29) is 11.7 Å². The molecule has 0 spiro atoms. The van der Waals surface area contributed by atoms with Crippen molar-refractivity contribution in [1.29, 1.82) is 0 Å². The van der Waals surface area contributed by atoms with Crippen molar-refractivity contribution in [2.75, 3.05) is 14.1 Å². The molecule has 1 amide bonds. The summed E-state index contributed by atoms with van der Waals surface area (Å²) in [6.45, 7) is 7.20. The zero-order valence-electron chi connectivity index (χ0n) is 16.7. The number of amides is 1. The van der Waals surface area contributed by atoms with Crippen LogP contribution in [-0.4, -0.2) is 30.7 Å². The number of carbonyl (C=O) groups is 2. The van der Waals surface area contributed by atoms with Crippen LogP contribution < -0.4 is 0 Å². The second-order valence-corrected chi connectivity index (χ2v) is 9.53. The third-order valence-electron chi connectivity index (χ3n) is 7.77. The molecule has 0 saturated heterocycles. The Kier molecular flexibility index (Phi) is 4.89. The van der Waals surface area contributed by atoms with Crippen LogP contribution in [0.4, 0.5) is 0 Å². The van der Waals surface area contributed by atoms with Crippen molar-refractivity contribution in [3.8, 4) is 0 Å². The Morgan fingerprint density at radius 3 is 2.40 bits per heavy atom. The van der Waals surface area contributed by atoms with E-state index in [1.807, 2.05) is 0 Å². The number of allylic oxidation sites excluding steroid dienone is 2. The number of nitrogens with zero attached hydrogens (tertiary/aromatic N) is 1. The second-order valence-electron chi connectivity index (χ2n) is 9.53. The van der Waals surface area contributed by atoms with E-state index in [0.717, 1.165) is 11.8 Å². The topological polar surface area (TPSA) is 37.4 Å². The lowest BCUT2D eigenvalue weighted by Crippen LogP contribution is -2.38. The van der Waals surface area contributed by atoms with E-state index in [1.165, 1.54) is 32.1 Å². The summed E-state index contributed by atoms with van der Waals surface area (Å²) in [5.41, 5.74) is -0.303. The summed E-state index contributed by atoms with van der Waals surface area (Å²) in [7, 11) is 3.48. The third-order valence-corrected chi connectivity index (χ3v) is 7.77. The minimum atomic E-state index is -0.735. The highest BCUT2D eigenvalue weighted by molar-refractivity contribution is 6.13. The van der Waals surface area contributed by atoms with Gasteiger partial charge in [0.1, 0.15) is 5.41 Å². The SMILES string of the molecule is CC(/C=C/C(=O)C1(C(=O)N(C)C)CC1)C1CCC2C(C)CCCC12C. The van der Waals surface area contributed by atoms with Gasteiger partial charge in [-0.3, -0.25) is 9.59 Å². The van der Waals surface area contributed by atoms with Crippen molar-refractivity contribution in [2.45, 2.75) is 65.7 Å². The summed E-state index contributed by atoms with van der Waals surface area (Å²) in [4.78, 5) is 26.6. The predicted octanol–water partition coefficient (Wildman–Crippen LogP) is 4.47. The number of carbonyl (C=O) groups excluding carboxylic acids is 2. The second kappa shape index (κ2) is 6.55. The fraction of sp³-hybridized carbons (Fsp3) is 0.818. The molecule has 0 radical (unpaired) electrons. The zero-order chi connectivity index (χ0) is 18.4. The van der Waals surface area contributed by atoms with Crippen molar-refractivity contribution in [1.82, 2.24) is 4.90 Å². The van der Waals surface area contributed by atoms with Crippen molar-refractivity contribution in [2.24, 2.45) is 34.5 Å². The van der Waals surface area contributed by atoms with Crippen molar-refractivity contribution < 1.29 is 9.59 Å². The van der Waals surface area contributed by atoms with Crippen LogP contribution in [0.5, 0.6) is 0 Å². The average Bonchev–Trinajstić information content (AvgIpc) is 3.29. The van der Waals surface area contributed by atoms with Crippen LogP contribution in [0.15, 0.2) is 12.2 Å². The molecule has 3 aliphatic carbocycles. The average molecular weight is 346 g/mol. The first-order valence-electron chi connectivity index (χ1n) is 10.2. The molecule has 3 saturated carbocycles. The van der Waals surface area contributed by atoms with Gasteiger partial charge in [-0.1, -0.05) is 39.7 Å². The van der Waals surface area contributed by atoms with Crippen LogP contribution in [0.1, 0.15) is 65.7 Å². The highest BCUT2D eigenvalue weighted by Crippen LogP contribution is 2.59. The first-order valence-corrected chi connectivity index (χ1v) is 10.2. The van der Waals surface area contributed by atoms with Crippen molar-refractivity contribution in [3.05, 3.63) is 12.2 Å². The minimum absolute atomic E-state index is 0.0229. The van der Waals surface area contributed by atoms with Gasteiger partial charge >= 0.3 is 0 Å². The number of ketones is 1. The fourth-order valence-electron chi connectivity index (χ4n) is 6.12. The first kappa shape index (κ1) is 18.7. The Bertz CT molecular complexity index is 575. The van der Waals surface area contributed by atoms with Gasteiger partial charge in [0.05, 0.1) is 0 Å². The van der Waals surface area contributed by atoms with Crippen LogP contribution in [0, 0.1) is 34.5 Å². The third kappa shape index (κ3) is 3.08. The van der Waals surface area contributed by atoms with Crippen LogP contribution in [0.3, 0.4) is 0 Å². The Hall–Kier alpha value is -1.12. The van der Waals surface area contributed by atoms with E-state index in [2.05, 4.69) is 26.8 Å². The molecule has 0 aromatic heterocycles. The Balaban J connectivity index is 1.68. The molecule has 3 nitrogen and oxygen atoms in total. The first-order chi connectivity index (χ1) is 11.7. The summed E-state index contributed by atoms with van der Waals surface area (Å²) < 4.78 is 0. The fourth-order valence-corrected chi connectivity index (χ4v) is 6.12. The maximum Gasteiger partial charge on any atom is 0.236 e. The summed E-state index contributed by atoms with van der Waals surface area (Å²) >= 11 is 0. The smallest absolute Gasteiger partial charge is 0.236 e. The molecule has 5 atom stereocenters. The molecule has 3 rings (SSSR count). The molecule has 3 fully saturated rings. The Morgan fingerprint density at radius 2 is 1.80 bits per heavy atom.